The molecule has 0 aliphatic carbocycles. The third-order valence-corrected chi connectivity index (χ3v) is 5.79. The SMILES string of the molecule is O=C(CC(=O)Nc1cccc(Cl)c1Cl)NN=Cc1ccccc1OCc1ccc(Cl)c(Cl)c1. The Morgan fingerprint density at radius 2 is 1.67 bits per heavy atom. The van der Waals surface area contributed by atoms with Gasteiger partial charge in [0.25, 0.3) is 0 Å². The molecule has 0 aromatic heterocycles. The van der Waals surface area contributed by atoms with Crippen molar-refractivity contribution < 1.29 is 14.3 Å². The number of carbonyl (C=O) groups is 2. The molecule has 0 radical (unpaired) electrons. The maximum atomic E-state index is 12.1. The van der Waals surface area contributed by atoms with Gasteiger partial charge in [0.1, 0.15) is 18.8 Å². The molecule has 0 atom stereocenters. The van der Waals surface area contributed by atoms with E-state index in [-0.39, 0.29) is 11.6 Å². The van der Waals surface area contributed by atoms with E-state index in [1.165, 1.54) is 6.21 Å². The van der Waals surface area contributed by atoms with Crippen molar-refractivity contribution in [2.75, 3.05) is 5.32 Å². The Morgan fingerprint density at radius 3 is 2.45 bits per heavy atom. The maximum Gasteiger partial charge on any atom is 0.249 e. The average molecular weight is 525 g/mol. The molecule has 0 bridgehead atoms. The van der Waals surface area contributed by atoms with Gasteiger partial charge in [0.2, 0.25) is 11.8 Å². The summed E-state index contributed by atoms with van der Waals surface area (Å²) in [6, 6.07) is 17.2. The number of para-hydroxylation sites is 1. The van der Waals surface area contributed by atoms with Gasteiger partial charge in [-0.1, -0.05) is 70.7 Å². The first kappa shape index (κ1) is 24.9. The highest BCUT2D eigenvalue weighted by Gasteiger charge is 2.12. The number of nitrogens with one attached hydrogen (secondary N) is 2. The Bertz CT molecular complexity index is 1200. The Morgan fingerprint density at radius 1 is 0.879 bits per heavy atom. The van der Waals surface area contributed by atoms with Gasteiger partial charge in [-0.3, -0.25) is 9.59 Å². The zero-order chi connectivity index (χ0) is 23.8. The molecule has 0 fully saturated rings. The summed E-state index contributed by atoms with van der Waals surface area (Å²) in [6.45, 7) is 0.264. The van der Waals surface area contributed by atoms with Crippen molar-refractivity contribution in [1.82, 2.24) is 5.43 Å². The summed E-state index contributed by atoms with van der Waals surface area (Å²) in [5, 5.41) is 7.84. The van der Waals surface area contributed by atoms with Crippen LogP contribution in [0.2, 0.25) is 20.1 Å². The minimum absolute atomic E-state index is 0.198. The molecule has 2 amide bonds. The van der Waals surface area contributed by atoms with Gasteiger partial charge in [0.05, 0.1) is 32.0 Å². The highest BCUT2D eigenvalue weighted by atomic mass is 35.5. The molecule has 0 aliphatic rings. The van der Waals surface area contributed by atoms with Crippen molar-refractivity contribution in [3.63, 3.8) is 0 Å². The number of carbonyl (C=O) groups excluding carboxylic acids is 2. The van der Waals surface area contributed by atoms with Crippen molar-refractivity contribution >= 4 is 70.1 Å². The zero-order valence-corrected chi connectivity index (χ0v) is 20.0. The normalized spacial score (nSPS) is 10.8. The largest absolute Gasteiger partial charge is 0.488 e. The highest BCUT2D eigenvalue weighted by Crippen LogP contribution is 2.29. The molecular formula is C23H17Cl4N3O3. The smallest absolute Gasteiger partial charge is 0.249 e. The van der Waals surface area contributed by atoms with Gasteiger partial charge < -0.3 is 10.1 Å². The summed E-state index contributed by atoms with van der Waals surface area (Å²) >= 11 is 23.9. The minimum atomic E-state index is -0.601. The molecule has 170 valence electrons. The lowest BCUT2D eigenvalue weighted by Crippen LogP contribution is -2.24. The standard InChI is InChI=1S/C23H17Cl4N3O3/c24-16-9-8-14(10-18(16)26)13-33-20-7-2-1-4-15(20)12-28-30-22(32)11-21(31)29-19-6-3-5-17(25)23(19)27/h1-10,12H,11,13H2,(H,29,31)(H,30,32). The van der Waals surface area contributed by atoms with E-state index in [2.05, 4.69) is 15.8 Å². The lowest BCUT2D eigenvalue weighted by Gasteiger charge is -2.10. The summed E-state index contributed by atoms with van der Waals surface area (Å²) in [7, 11) is 0. The van der Waals surface area contributed by atoms with Gasteiger partial charge >= 0.3 is 0 Å². The van der Waals surface area contributed by atoms with Crippen molar-refractivity contribution in [3.8, 4) is 5.75 Å². The van der Waals surface area contributed by atoms with Crippen LogP contribution in [-0.2, 0) is 16.2 Å². The summed E-state index contributed by atoms with van der Waals surface area (Å²) in [5.41, 5.74) is 4.10. The summed E-state index contributed by atoms with van der Waals surface area (Å²) < 4.78 is 5.83. The predicted octanol–water partition coefficient (Wildman–Crippen LogP) is 6.36. The van der Waals surface area contributed by atoms with Crippen LogP contribution >= 0.6 is 46.4 Å². The predicted molar refractivity (Wildman–Crippen MR) is 133 cm³/mol. The molecule has 3 rings (SSSR count). The molecule has 0 aliphatic heterocycles. The quantitative estimate of drug-likeness (QED) is 0.204. The number of amides is 2. The molecule has 6 nitrogen and oxygen atoms in total. The molecule has 0 unspecified atom stereocenters. The second-order valence-corrected chi connectivity index (χ2v) is 8.29. The van der Waals surface area contributed by atoms with Crippen molar-refractivity contribution in [2.45, 2.75) is 13.0 Å². The number of ether oxygens (including phenoxy) is 1. The number of hydrogen-bond acceptors (Lipinski definition) is 4. The van der Waals surface area contributed by atoms with E-state index >= 15 is 0 Å². The first-order valence-electron chi connectivity index (χ1n) is 9.55. The topological polar surface area (TPSA) is 79.8 Å². The summed E-state index contributed by atoms with van der Waals surface area (Å²) in [5.74, 6) is -0.608. The Labute approximate surface area is 210 Å². The molecule has 3 aromatic rings. The van der Waals surface area contributed by atoms with Crippen molar-refractivity contribution in [3.05, 3.63) is 91.9 Å². The van der Waals surface area contributed by atoms with E-state index in [0.717, 1.165) is 5.56 Å². The summed E-state index contributed by atoms with van der Waals surface area (Å²) in [4.78, 5) is 24.1. The Hall–Kier alpha value is -2.77. The van der Waals surface area contributed by atoms with E-state index in [1.54, 1.807) is 48.5 Å². The molecular weight excluding hydrogens is 508 g/mol. The number of hydrogen-bond donors (Lipinski definition) is 2. The second-order valence-electron chi connectivity index (χ2n) is 6.69. The number of hydrazone groups is 1. The zero-order valence-electron chi connectivity index (χ0n) is 16.9. The maximum absolute atomic E-state index is 12.1. The van der Waals surface area contributed by atoms with Crippen LogP contribution in [-0.4, -0.2) is 18.0 Å². The van der Waals surface area contributed by atoms with Gasteiger partial charge in [-0.05, 0) is 42.0 Å². The van der Waals surface area contributed by atoms with Crippen LogP contribution in [0.25, 0.3) is 0 Å². The Kier molecular flexibility index (Phi) is 8.97. The lowest BCUT2D eigenvalue weighted by atomic mass is 10.2. The molecule has 10 heteroatoms. The molecule has 0 saturated carbocycles. The fourth-order valence-electron chi connectivity index (χ4n) is 2.66. The van der Waals surface area contributed by atoms with Crippen LogP contribution in [0.15, 0.2) is 65.8 Å². The highest BCUT2D eigenvalue weighted by molar-refractivity contribution is 6.44. The van der Waals surface area contributed by atoms with Gasteiger partial charge in [-0.2, -0.15) is 5.10 Å². The number of benzene rings is 3. The van der Waals surface area contributed by atoms with Crippen LogP contribution in [0.4, 0.5) is 5.69 Å². The van der Waals surface area contributed by atoms with Crippen molar-refractivity contribution in [1.29, 1.82) is 0 Å². The Balaban J connectivity index is 1.54. The summed E-state index contributed by atoms with van der Waals surface area (Å²) in [6.07, 6.45) is 0.976. The third-order valence-electron chi connectivity index (χ3n) is 4.24. The number of anilines is 1. The monoisotopic (exact) mass is 523 g/mol. The number of rotatable bonds is 8. The minimum Gasteiger partial charge on any atom is -0.488 e. The molecule has 33 heavy (non-hydrogen) atoms. The van der Waals surface area contributed by atoms with Crippen LogP contribution in [0.1, 0.15) is 17.5 Å². The van der Waals surface area contributed by atoms with Crippen LogP contribution < -0.4 is 15.5 Å². The molecule has 2 N–H and O–H groups in total. The van der Waals surface area contributed by atoms with E-state index in [4.69, 9.17) is 51.1 Å². The average Bonchev–Trinajstić information content (AvgIpc) is 2.78. The fraction of sp³-hybridized carbons (Fsp3) is 0.0870. The van der Waals surface area contributed by atoms with Gasteiger partial charge in [0.15, 0.2) is 0 Å². The number of nitrogens with zero attached hydrogens (tertiary/aromatic N) is 1. The van der Waals surface area contributed by atoms with Gasteiger partial charge in [-0.25, -0.2) is 5.43 Å². The van der Waals surface area contributed by atoms with Crippen LogP contribution in [0.5, 0.6) is 5.75 Å². The van der Waals surface area contributed by atoms with E-state index < -0.39 is 18.2 Å². The van der Waals surface area contributed by atoms with E-state index in [1.807, 2.05) is 12.1 Å². The van der Waals surface area contributed by atoms with Gasteiger partial charge in [-0.15, -0.1) is 0 Å². The van der Waals surface area contributed by atoms with E-state index in [9.17, 15) is 9.59 Å². The lowest BCUT2D eigenvalue weighted by molar-refractivity contribution is -0.126. The van der Waals surface area contributed by atoms with Crippen molar-refractivity contribution in [2.24, 2.45) is 5.10 Å². The first-order valence-corrected chi connectivity index (χ1v) is 11.1. The first-order chi connectivity index (χ1) is 15.8. The molecule has 0 heterocycles. The second kappa shape index (κ2) is 11.9. The van der Waals surface area contributed by atoms with E-state index in [0.29, 0.717) is 32.1 Å². The molecule has 0 spiro atoms. The molecule has 3 aromatic carbocycles. The van der Waals surface area contributed by atoms with Gasteiger partial charge in [0, 0.05) is 5.56 Å². The van der Waals surface area contributed by atoms with Crippen LogP contribution in [0.3, 0.4) is 0 Å². The molecule has 0 saturated heterocycles. The fourth-order valence-corrected chi connectivity index (χ4v) is 3.33. The third kappa shape index (κ3) is 7.37. The van der Waals surface area contributed by atoms with Crippen LogP contribution in [0, 0.1) is 0 Å². The number of halogens is 4.